The first-order valence-corrected chi connectivity index (χ1v) is 8.62. The molecule has 4 N–H and O–H groups in total. The third-order valence-corrected chi connectivity index (χ3v) is 3.65. The molecular weight excluding hydrogens is 344 g/mol. The van der Waals surface area contributed by atoms with Crippen molar-refractivity contribution in [3.63, 3.8) is 0 Å². The Morgan fingerprint density at radius 3 is 2.26 bits per heavy atom. The molecule has 4 amide bonds. The topological polar surface area (TPSA) is 99.3 Å². The Morgan fingerprint density at radius 2 is 1.59 bits per heavy atom. The fourth-order valence-electron chi connectivity index (χ4n) is 2.43. The van der Waals surface area contributed by atoms with Gasteiger partial charge in [0.2, 0.25) is 5.91 Å². The van der Waals surface area contributed by atoms with Crippen LogP contribution in [0.1, 0.15) is 36.7 Å². The van der Waals surface area contributed by atoms with E-state index in [9.17, 15) is 14.4 Å². The second kappa shape index (κ2) is 8.84. The number of carbonyl (C=O) groups is 3. The van der Waals surface area contributed by atoms with Crippen molar-refractivity contribution in [1.82, 2.24) is 5.32 Å². The Hall–Kier alpha value is -3.35. The number of aryl methyl sites for hydroxylation is 1. The van der Waals surface area contributed by atoms with Crippen LogP contribution in [0.15, 0.2) is 42.5 Å². The molecule has 0 spiro atoms. The standard InChI is InChI=1S/C20H24N4O3/c1-12(2)21-20(27)24-17-8-6-5-7-16(17)19(26)23-15-10-9-13(3)18(11-15)22-14(4)25/h5-12H,1-4H3,(H,22,25)(H,23,26)(H2,21,24,27). The average molecular weight is 368 g/mol. The third kappa shape index (κ3) is 5.85. The van der Waals surface area contributed by atoms with E-state index >= 15 is 0 Å². The molecule has 0 atom stereocenters. The number of para-hydroxylation sites is 1. The van der Waals surface area contributed by atoms with Gasteiger partial charge in [-0.2, -0.15) is 0 Å². The molecule has 0 aromatic heterocycles. The number of carbonyl (C=O) groups excluding carboxylic acids is 3. The molecule has 0 saturated carbocycles. The molecule has 142 valence electrons. The maximum absolute atomic E-state index is 12.7. The lowest BCUT2D eigenvalue weighted by atomic mass is 10.1. The number of anilines is 3. The highest BCUT2D eigenvalue weighted by Crippen LogP contribution is 2.22. The highest BCUT2D eigenvalue weighted by molar-refractivity contribution is 6.10. The van der Waals surface area contributed by atoms with Gasteiger partial charge in [0, 0.05) is 24.3 Å². The van der Waals surface area contributed by atoms with E-state index in [2.05, 4.69) is 21.3 Å². The van der Waals surface area contributed by atoms with E-state index in [-0.39, 0.29) is 23.9 Å². The minimum absolute atomic E-state index is 0.0225. The van der Waals surface area contributed by atoms with E-state index in [1.54, 1.807) is 42.5 Å². The van der Waals surface area contributed by atoms with Gasteiger partial charge in [-0.3, -0.25) is 9.59 Å². The van der Waals surface area contributed by atoms with Crippen LogP contribution in [-0.4, -0.2) is 23.9 Å². The summed E-state index contributed by atoms with van der Waals surface area (Å²) in [5.74, 6) is -0.555. The van der Waals surface area contributed by atoms with E-state index in [0.29, 0.717) is 22.6 Å². The number of benzene rings is 2. The SMILES string of the molecule is CC(=O)Nc1cc(NC(=O)c2ccccc2NC(=O)NC(C)C)ccc1C. The molecule has 0 aliphatic heterocycles. The first-order chi connectivity index (χ1) is 12.8. The zero-order valence-electron chi connectivity index (χ0n) is 15.8. The lowest BCUT2D eigenvalue weighted by Crippen LogP contribution is -2.34. The van der Waals surface area contributed by atoms with Gasteiger partial charge < -0.3 is 21.3 Å². The molecule has 0 radical (unpaired) electrons. The maximum Gasteiger partial charge on any atom is 0.319 e. The first-order valence-electron chi connectivity index (χ1n) is 8.62. The zero-order valence-corrected chi connectivity index (χ0v) is 15.8. The maximum atomic E-state index is 12.7. The largest absolute Gasteiger partial charge is 0.336 e. The summed E-state index contributed by atoms with van der Waals surface area (Å²) >= 11 is 0. The summed E-state index contributed by atoms with van der Waals surface area (Å²) in [7, 11) is 0. The van der Waals surface area contributed by atoms with Crippen LogP contribution in [0.5, 0.6) is 0 Å². The lowest BCUT2D eigenvalue weighted by Gasteiger charge is -2.14. The van der Waals surface area contributed by atoms with E-state index in [1.165, 1.54) is 6.92 Å². The molecule has 0 fully saturated rings. The van der Waals surface area contributed by atoms with E-state index in [4.69, 9.17) is 0 Å². The molecule has 0 aliphatic carbocycles. The molecule has 2 aromatic carbocycles. The van der Waals surface area contributed by atoms with E-state index in [0.717, 1.165) is 5.56 Å². The van der Waals surface area contributed by atoms with Gasteiger partial charge in [0.1, 0.15) is 0 Å². The van der Waals surface area contributed by atoms with Crippen molar-refractivity contribution in [2.75, 3.05) is 16.0 Å². The van der Waals surface area contributed by atoms with Gasteiger partial charge in [-0.15, -0.1) is 0 Å². The van der Waals surface area contributed by atoms with Crippen LogP contribution in [0.4, 0.5) is 21.9 Å². The van der Waals surface area contributed by atoms with Crippen molar-refractivity contribution in [3.05, 3.63) is 53.6 Å². The van der Waals surface area contributed by atoms with E-state index < -0.39 is 0 Å². The Balaban J connectivity index is 2.19. The summed E-state index contributed by atoms with van der Waals surface area (Å²) in [6.45, 7) is 6.99. The van der Waals surface area contributed by atoms with Crippen molar-refractivity contribution in [2.45, 2.75) is 33.7 Å². The minimum Gasteiger partial charge on any atom is -0.336 e. The number of urea groups is 1. The van der Waals surface area contributed by atoms with Crippen molar-refractivity contribution >= 4 is 34.9 Å². The molecule has 0 heterocycles. The Labute approximate surface area is 158 Å². The van der Waals surface area contributed by atoms with Crippen molar-refractivity contribution < 1.29 is 14.4 Å². The summed E-state index contributed by atoms with van der Waals surface area (Å²) in [6.07, 6.45) is 0. The zero-order chi connectivity index (χ0) is 20.0. The third-order valence-electron chi connectivity index (χ3n) is 3.65. The summed E-state index contributed by atoms with van der Waals surface area (Å²) in [4.78, 5) is 35.9. The molecule has 0 bridgehead atoms. The number of nitrogens with one attached hydrogen (secondary N) is 4. The summed E-state index contributed by atoms with van der Waals surface area (Å²) < 4.78 is 0. The highest BCUT2D eigenvalue weighted by Gasteiger charge is 2.14. The Kier molecular flexibility index (Phi) is 6.54. The number of rotatable bonds is 5. The fourth-order valence-corrected chi connectivity index (χ4v) is 2.43. The molecule has 0 unspecified atom stereocenters. The summed E-state index contributed by atoms with van der Waals surface area (Å²) in [6, 6.07) is 11.6. The number of hydrogen-bond donors (Lipinski definition) is 4. The lowest BCUT2D eigenvalue weighted by molar-refractivity contribution is -0.114. The quantitative estimate of drug-likeness (QED) is 0.647. The van der Waals surface area contributed by atoms with Gasteiger partial charge in [-0.25, -0.2) is 4.79 Å². The van der Waals surface area contributed by atoms with Gasteiger partial charge in [0.15, 0.2) is 0 Å². The predicted octanol–water partition coefficient (Wildman–Crippen LogP) is 3.74. The van der Waals surface area contributed by atoms with Gasteiger partial charge in [0.25, 0.3) is 5.91 Å². The first kappa shape index (κ1) is 20.0. The Bertz CT molecular complexity index is 862. The molecule has 0 aliphatic rings. The fraction of sp³-hybridized carbons (Fsp3) is 0.250. The second-order valence-corrected chi connectivity index (χ2v) is 6.46. The average Bonchev–Trinajstić information content (AvgIpc) is 2.57. The van der Waals surface area contributed by atoms with Crippen LogP contribution in [0.2, 0.25) is 0 Å². The van der Waals surface area contributed by atoms with Crippen LogP contribution >= 0.6 is 0 Å². The van der Waals surface area contributed by atoms with Gasteiger partial charge in [0.05, 0.1) is 11.3 Å². The van der Waals surface area contributed by atoms with Gasteiger partial charge in [-0.1, -0.05) is 18.2 Å². The number of hydrogen-bond acceptors (Lipinski definition) is 3. The van der Waals surface area contributed by atoms with Crippen LogP contribution in [0.25, 0.3) is 0 Å². The second-order valence-electron chi connectivity index (χ2n) is 6.46. The van der Waals surface area contributed by atoms with Crippen molar-refractivity contribution in [1.29, 1.82) is 0 Å². The van der Waals surface area contributed by atoms with Crippen molar-refractivity contribution in [3.8, 4) is 0 Å². The van der Waals surface area contributed by atoms with Gasteiger partial charge >= 0.3 is 6.03 Å². The van der Waals surface area contributed by atoms with Crippen LogP contribution in [-0.2, 0) is 4.79 Å². The monoisotopic (exact) mass is 368 g/mol. The summed E-state index contributed by atoms with van der Waals surface area (Å²) in [5, 5.41) is 10.9. The molecule has 2 rings (SSSR count). The predicted molar refractivity (Wildman–Crippen MR) is 107 cm³/mol. The van der Waals surface area contributed by atoms with Crippen LogP contribution < -0.4 is 21.3 Å². The smallest absolute Gasteiger partial charge is 0.319 e. The molecule has 7 nitrogen and oxygen atoms in total. The molecule has 7 heteroatoms. The van der Waals surface area contributed by atoms with Crippen molar-refractivity contribution in [2.24, 2.45) is 0 Å². The highest BCUT2D eigenvalue weighted by atomic mass is 16.2. The molecule has 27 heavy (non-hydrogen) atoms. The Morgan fingerprint density at radius 1 is 0.889 bits per heavy atom. The molecule has 0 saturated heterocycles. The molecule has 2 aromatic rings. The van der Waals surface area contributed by atoms with Gasteiger partial charge in [-0.05, 0) is 50.6 Å². The summed E-state index contributed by atoms with van der Waals surface area (Å²) in [5.41, 5.74) is 2.79. The minimum atomic E-state index is -0.381. The van der Waals surface area contributed by atoms with Crippen LogP contribution in [0, 0.1) is 6.92 Å². The molecular formula is C20H24N4O3. The van der Waals surface area contributed by atoms with E-state index in [1.807, 2.05) is 20.8 Å². The number of amides is 4. The van der Waals surface area contributed by atoms with Crippen LogP contribution in [0.3, 0.4) is 0 Å². The normalized spacial score (nSPS) is 10.3.